The van der Waals surface area contributed by atoms with Gasteiger partial charge in [-0.25, -0.2) is 0 Å². The Morgan fingerprint density at radius 2 is 1.67 bits per heavy atom. The summed E-state index contributed by atoms with van der Waals surface area (Å²) in [5.41, 5.74) is -0.0378. The van der Waals surface area contributed by atoms with Crippen molar-refractivity contribution in [3.05, 3.63) is 0 Å². The zero-order chi connectivity index (χ0) is 11.0. The van der Waals surface area contributed by atoms with Crippen LogP contribution in [0.4, 0.5) is 0 Å². The van der Waals surface area contributed by atoms with Gasteiger partial charge in [0, 0.05) is 2.74 Å². The zero-order valence-corrected chi connectivity index (χ0v) is 9.04. The molecule has 0 aliphatic heterocycles. The molecule has 0 unspecified atom stereocenters. The van der Waals surface area contributed by atoms with Crippen molar-refractivity contribution >= 4 is 0 Å². The van der Waals surface area contributed by atoms with E-state index in [4.69, 9.17) is 2.74 Å². The average Bonchev–Trinajstić information content (AvgIpc) is 2.02. The maximum Gasteiger partial charge on any atom is 0.0270 e. The van der Waals surface area contributed by atoms with Gasteiger partial charge < -0.3 is 0 Å². The lowest BCUT2D eigenvalue weighted by atomic mass is 9.58. The van der Waals surface area contributed by atoms with Gasteiger partial charge in [0.25, 0.3) is 0 Å². The molecule has 1 fully saturated rings. The summed E-state index contributed by atoms with van der Waals surface area (Å²) < 4.78 is 16.2. The van der Waals surface area contributed by atoms with Crippen LogP contribution in [0.2, 0.25) is 0 Å². The van der Waals surface area contributed by atoms with Crippen LogP contribution in [-0.4, -0.2) is 0 Å². The highest BCUT2D eigenvalue weighted by atomic mass is 14.4. The maximum absolute atomic E-state index is 8.10. The predicted octanol–water partition coefficient (Wildman–Crippen LogP) is 4.39. The van der Waals surface area contributed by atoms with Crippen LogP contribution in [0.3, 0.4) is 0 Å². The Hall–Kier alpha value is 0. The van der Waals surface area contributed by atoms with Gasteiger partial charge in [-0.3, -0.25) is 0 Å². The quantitative estimate of drug-likeness (QED) is 0.547. The summed E-state index contributed by atoms with van der Waals surface area (Å²) in [5.74, 6) is 0. The minimum absolute atomic E-state index is 0.0751. The van der Waals surface area contributed by atoms with Crippen molar-refractivity contribution in [3.63, 3.8) is 0 Å². The molecule has 0 N–H and O–H groups in total. The molecule has 1 aliphatic carbocycles. The van der Waals surface area contributed by atoms with E-state index in [1.165, 1.54) is 19.3 Å². The second-order valence-corrected chi connectivity index (χ2v) is 5.14. The van der Waals surface area contributed by atoms with E-state index < -0.39 is 6.37 Å². The highest BCUT2D eigenvalue weighted by molar-refractivity contribution is 4.91. The molecule has 0 spiro atoms. The van der Waals surface area contributed by atoms with Crippen molar-refractivity contribution in [2.24, 2.45) is 10.8 Å². The van der Waals surface area contributed by atoms with Crippen LogP contribution in [0.1, 0.15) is 68.9 Å². The van der Waals surface area contributed by atoms with Crippen molar-refractivity contribution in [2.45, 2.75) is 66.2 Å². The fourth-order valence-corrected chi connectivity index (χ4v) is 2.53. The first-order valence-electron chi connectivity index (χ1n) is 6.21. The molecule has 1 saturated carbocycles. The predicted molar refractivity (Wildman–Crippen MR) is 55.3 cm³/mol. The molecule has 0 radical (unpaired) electrons. The second kappa shape index (κ2) is 3.40. The first-order chi connectivity index (χ1) is 6.21. The Morgan fingerprint density at radius 1 is 1.17 bits per heavy atom. The molecule has 0 saturated heterocycles. The number of rotatable bonds is 1. The summed E-state index contributed by atoms with van der Waals surface area (Å²) in [7, 11) is 0. The van der Waals surface area contributed by atoms with Gasteiger partial charge in [0.05, 0.1) is 0 Å². The van der Waals surface area contributed by atoms with Gasteiger partial charge in [-0.2, -0.15) is 0 Å². The Balaban J connectivity index is 3.01. The van der Waals surface area contributed by atoms with Crippen LogP contribution < -0.4 is 0 Å². The average molecular weight is 170 g/mol. The number of hydrogen-bond acceptors (Lipinski definition) is 0. The first-order valence-corrected chi connectivity index (χ1v) is 5.21. The normalized spacial score (nSPS) is 27.7. The van der Waals surface area contributed by atoms with E-state index in [-0.39, 0.29) is 10.8 Å². The van der Waals surface area contributed by atoms with Crippen molar-refractivity contribution in [1.29, 1.82) is 0 Å². The molecule has 0 bridgehead atoms. The summed E-state index contributed by atoms with van der Waals surface area (Å²) in [6, 6.07) is 0. The largest absolute Gasteiger partial charge is 0.0648 e. The molecular weight excluding hydrogens is 144 g/mol. The van der Waals surface area contributed by atoms with E-state index in [2.05, 4.69) is 20.8 Å². The van der Waals surface area contributed by atoms with E-state index in [0.29, 0.717) is 0 Å². The van der Waals surface area contributed by atoms with E-state index in [0.717, 1.165) is 12.8 Å². The second-order valence-electron chi connectivity index (χ2n) is 5.14. The Morgan fingerprint density at radius 3 is 1.92 bits per heavy atom. The van der Waals surface area contributed by atoms with E-state index >= 15 is 0 Å². The monoisotopic (exact) mass is 170 g/mol. The zero-order valence-electron chi connectivity index (χ0n) is 11.0. The standard InChI is InChI=1S/C12H24/c1-5-12(11(2,3)4)9-7-6-8-10-12/h5-10H2,1-4H3/i5D2. The smallest absolute Gasteiger partial charge is 0.0270 e. The van der Waals surface area contributed by atoms with Gasteiger partial charge in [-0.1, -0.05) is 47.0 Å². The molecule has 0 aromatic carbocycles. The van der Waals surface area contributed by atoms with Crippen LogP contribution in [-0.2, 0) is 0 Å². The van der Waals surface area contributed by atoms with E-state index in [1.54, 1.807) is 6.92 Å². The summed E-state index contributed by atoms with van der Waals surface area (Å²) in [6.07, 6.45) is 4.74. The summed E-state index contributed by atoms with van der Waals surface area (Å²) >= 11 is 0. The van der Waals surface area contributed by atoms with Crippen molar-refractivity contribution in [2.75, 3.05) is 0 Å². The lowest BCUT2D eigenvalue weighted by molar-refractivity contribution is 0.0349. The molecule has 0 heteroatoms. The lowest BCUT2D eigenvalue weighted by Crippen LogP contribution is -2.36. The lowest BCUT2D eigenvalue weighted by Gasteiger charge is -2.47. The molecule has 0 heterocycles. The SMILES string of the molecule is [2H]C([2H])(C)C1(C(C)(C)C)CCCCC1. The molecule has 72 valence electrons. The van der Waals surface area contributed by atoms with Gasteiger partial charge in [-0.15, -0.1) is 0 Å². The topological polar surface area (TPSA) is 0 Å². The first kappa shape index (κ1) is 7.41. The maximum atomic E-state index is 8.10. The van der Waals surface area contributed by atoms with Gasteiger partial charge in [0.15, 0.2) is 0 Å². The van der Waals surface area contributed by atoms with Crippen LogP contribution in [0, 0.1) is 10.8 Å². The fraction of sp³-hybridized carbons (Fsp3) is 1.00. The number of hydrogen-bond donors (Lipinski definition) is 0. The van der Waals surface area contributed by atoms with Crippen LogP contribution in [0.15, 0.2) is 0 Å². The molecular formula is C12H24. The molecule has 0 atom stereocenters. The van der Waals surface area contributed by atoms with E-state index in [1.807, 2.05) is 0 Å². The molecule has 0 nitrogen and oxygen atoms in total. The van der Waals surface area contributed by atoms with Crippen LogP contribution in [0.5, 0.6) is 0 Å². The van der Waals surface area contributed by atoms with Crippen molar-refractivity contribution < 1.29 is 2.74 Å². The molecule has 0 aromatic rings. The Kier molecular flexibility index (Phi) is 2.10. The summed E-state index contributed by atoms with van der Waals surface area (Å²) in [4.78, 5) is 0. The third kappa shape index (κ3) is 1.67. The third-order valence-corrected chi connectivity index (χ3v) is 3.62. The van der Waals surface area contributed by atoms with Gasteiger partial charge in [0.2, 0.25) is 0 Å². The van der Waals surface area contributed by atoms with Gasteiger partial charge in [0.1, 0.15) is 0 Å². The Bertz CT molecular complexity index is 173. The molecule has 12 heavy (non-hydrogen) atoms. The molecule has 0 amide bonds. The highest BCUT2D eigenvalue weighted by Gasteiger charge is 2.40. The summed E-state index contributed by atoms with van der Waals surface area (Å²) in [6.45, 7) is 8.35. The highest BCUT2D eigenvalue weighted by Crippen LogP contribution is 2.51. The van der Waals surface area contributed by atoms with Gasteiger partial charge in [-0.05, 0) is 30.0 Å². The molecule has 0 aromatic heterocycles. The van der Waals surface area contributed by atoms with E-state index in [9.17, 15) is 0 Å². The molecule has 1 aliphatic rings. The molecule has 1 rings (SSSR count). The fourth-order valence-electron chi connectivity index (χ4n) is 2.53. The Labute approximate surface area is 80.6 Å². The minimum atomic E-state index is -1.05. The minimum Gasteiger partial charge on any atom is -0.0648 e. The van der Waals surface area contributed by atoms with Crippen molar-refractivity contribution in [1.82, 2.24) is 0 Å². The summed E-state index contributed by atoms with van der Waals surface area (Å²) in [5, 5.41) is 0. The van der Waals surface area contributed by atoms with Crippen LogP contribution >= 0.6 is 0 Å². The van der Waals surface area contributed by atoms with Crippen LogP contribution in [0.25, 0.3) is 0 Å². The van der Waals surface area contributed by atoms with Gasteiger partial charge >= 0.3 is 0 Å². The third-order valence-electron chi connectivity index (χ3n) is 3.62. The van der Waals surface area contributed by atoms with Crippen molar-refractivity contribution in [3.8, 4) is 0 Å².